The highest BCUT2D eigenvalue weighted by molar-refractivity contribution is 7.15. The Morgan fingerprint density at radius 3 is 2.54 bits per heavy atom. The van der Waals surface area contributed by atoms with Gasteiger partial charge in [-0.3, -0.25) is 0 Å². The van der Waals surface area contributed by atoms with E-state index in [1.165, 1.54) is 5.56 Å². The maximum atomic E-state index is 4.52. The average molecular weight is 339 g/mol. The maximum Gasteiger partial charge on any atom is 0.225 e. The minimum atomic E-state index is 0.643. The number of benzene rings is 1. The summed E-state index contributed by atoms with van der Waals surface area (Å²) >= 11 is 1.69. The standard InChI is InChI=1S/C18H21N5S/c1-12-5-7-14(8-6-12)17-19-10-15(24-17)11-20-18-21-13(2)9-16(22-18)23(3)4/h5-10H,11H2,1-4H3,(H,20,21,22). The van der Waals surface area contributed by atoms with E-state index in [-0.39, 0.29) is 0 Å². The normalized spacial score (nSPS) is 10.7. The third-order valence-corrected chi connectivity index (χ3v) is 4.62. The number of aromatic nitrogens is 3. The van der Waals surface area contributed by atoms with Crippen LogP contribution in [0.1, 0.15) is 16.1 Å². The molecule has 0 radical (unpaired) electrons. The molecule has 0 fully saturated rings. The van der Waals surface area contributed by atoms with Crippen molar-refractivity contribution in [2.75, 3.05) is 24.3 Å². The second-order valence-electron chi connectivity index (χ2n) is 5.94. The Balaban J connectivity index is 1.70. The van der Waals surface area contributed by atoms with Crippen molar-refractivity contribution >= 4 is 23.1 Å². The Morgan fingerprint density at radius 1 is 1.08 bits per heavy atom. The second kappa shape index (κ2) is 6.97. The van der Waals surface area contributed by atoms with Crippen molar-refractivity contribution < 1.29 is 0 Å². The van der Waals surface area contributed by atoms with Crippen LogP contribution < -0.4 is 10.2 Å². The summed E-state index contributed by atoms with van der Waals surface area (Å²) in [5, 5.41) is 4.33. The smallest absolute Gasteiger partial charge is 0.225 e. The molecule has 2 aromatic heterocycles. The molecular formula is C18H21N5S. The predicted molar refractivity (Wildman–Crippen MR) is 101 cm³/mol. The number of nitrogens with one attached hydrogen (secondary N) is 1. The highest BCUT2D eigenvalue weighted by Crippen LogP contribution is 2.25. The van der Waals surface area contributed by atoms with Crippen LogP contribution in [-0.4, -0.2) is 29.0 Å². The molecule has 3 rings (SSSR count). The number of nitrogens with zero attached hydrogens (tertiary/aromatic N) is 4. The average Bonchev–Trinajstić information content (AvgIpc) is 3.02. The van der Waals surface area contributed by atoms with Gasteiger partial charge in [0.05, 0.1) is 6.54 Å². The van der Waals surface area contributed by atoms with Crippen molar-refractivity contribution in [1.82, 2.24) is 15.0 Å². The van der Waals surface area contributed by atoms with E-state index in [1.54, 1.807) is 11.3 Å². The van der Waals surface area contributed by atoms with Gasteiger partial charge in [-0.1, -0.05) is 29.8 Å². The Bertz CT molecular complexity index is 824. The lowest BCUT2D eigenvalue weighted by Gasteiger charge is -2.13. The molecule has 0 atom stereocenters. The topological polar surface area (TPSA) is 53.9 Å². The quantitative estimate of drug-likeness (QED) is 0.764. The molecular weight excluding hydrogens is 318 g/mol. The molecule has 0 aliphatic carbocycles. The molecule has 0 saturated heterocycles. The zero-order chi connectivity index (χ0) is 17.1. The number of anilines is 2. The molecule has 0 spiro atoms. The molecule has 0 unspecified atom stereocenters. The molecule has 0 amide bonds. The van der Waals surface area contributed by atoms with E-state index in [1.807, 2.05) is 38.2 Å². The van der Waals surface area contributed by atoms with Gasteiger partial charge < -0.3 is 10.2 Å². The van der Waals surface area contributed by atoms with Crippen LogP contribution in [0.25, 0.3) is 10.6 Å². The summed E-state index contributed by atoms with van der Waals surface area (Å²) < 4.78 is 0. The first-order chi connectivity index (χ1) is 11.5. The Labute approximate surface area is 146 Å². The van der Waals surface area contributed by atoms with Gasteiger partial charge in [-0.05, 0) is 13.8 Å². The van der Waals surface area contributed by atoms with Gasteiger partial charge in [-0.25, -0.2) is 9.97 Å². The van der Waals surface area contributed by atoms with Gasteiger partial charge in [0, 0.05) is 42.5 Å². The summed E-state index contributed by atoms with van der Waals surface area (Å²) in [7, 11) is 3.95. The van der Waals surface area contributed by atoms with Crippen LogP contribution in [0, 0.1) is 13.8 Å². The van der Waals surface area contributed by atoms with E-state index in [2.05, 4.69) is 51.5 Å². The summed E-state index contributed by atoms with van der Waals surface area (Å²) in [5.74, 6) is 1.54. The van der Waals surface area contributed by atoms with E-state index < -0.39 is 0 Å². The first kappa shape index (κ1) is 16.4. The summed E-state index contributed by atoms with van der Waals surface area (Å²) in [4.78, 5) is 16.6. The van der Waals surface area contributed by atoms with Crippen LogP contribution in [0.3, 0.4) is 0 Å². The van der Waals surface area contributed by atoms with Gasteiger partial charge in [0.1, 0.15) is 10.8 Å². The predicted octanol–water partition coefficient (Wildman–Crippen LogP) is 3.90. The molecule has 24 heavy (non-hydrogen) atoms. The van der Waals surface area contributed by atoms with Crippen LogP contribution in [-0.2, 0) is 6.54 Å². The van der Waals surface area contributed by atoms with E-state index in [0.29, 0.717) is 12.5 Å². The molecule has 0 aliphatic heterocycles. The van der Waals surface area contributed by atoms with E-state index >= 15 is 0 Å². The molecule has 6 heteroatoms. The zero-order valence-corrected chi connectivity index (χ0v) is 15.2. The van der Waals surface area contributed by atoms with Crippen molar-refractivity contribution in [2.24, 2.45) is 0 Å². The minimum Gasteiger partial charge on any atom is -0.363 e. The first-order valence-electron chi connectivity index (χ1n) is 7.80. The van der Waals surface area contributed by atoms with Gasteiger partial charge in [-0.15, -0.1) is 11.3 Å². The lowest BCUT2D eigenvalue weighted by atomic mass is 10.2. The fraction of sp³-hybridized carbons (Fsp3) is 0.278. The van der Waals surface area contributed by atoms with Crippen molar-refractivity contribution in [3.63, 3.8) is 0 Å². The molecule has 0 aliphatic rings. The summed E-state index contributed by atoms with van der Waals surface area (Å²) in [6, 6.07) is 10.4. The molecule has 1 aromatic carbocycles. The molecule has 2 heterocycles. The summed E-state index contributed by atoms with van der Waals surface area (Å²) in [5.41, 5.74) is 3.35. The van der Waals surface area contributed by atoms with Crippen molar-refractivity contribution in [3.8, 4) is 10.6 Å². The molecule has 0 saturated carbocycles. The van der Waals surface area contributed by atoms with Crippen LogP contribution in [0.5, 0.6) is 0 Å². The molecule has 5 nitrogen and oxygen atoms in total. The maximum absolute atomic E-state index is 4.52. The monoisotopic (exact) mass is 339 g/mol. The highest BCUT2D eigenvalue weighted by Gasteiger charge is 2.07. The van der Waals surface area contributed by atoms with Gasteiger partial charge in [0.15, 0.2) is 0 Å². The van der Waals surface area contributed by atoms with Gasteiger partial charge in [-0.2, -0.15) is 4.98 Å². The molecule has 3 aromatic rings. The van der Waals surface area contributed by atoms with Crippen molar-refractivity contribution in [1.29, 1.82) is 0 Å². The van der Waals surface area contributed by atoms with Crippen LogP contribution in [0.4, 0.5) is 11.8 Å². The van der Waals surface area contributed by atoms with E-state index in [4.69, 9.17) is 0 Å². The van der Waals surface area contributed by atoms with Gasteiger partial charge in [0.25, 0.3) is 0 Å². The number of hydrogen-bond donors (Lipinski definition) is 1. The van der Waals surface area contributed by atoms with Gasteiger partial charge in [0.2, 0.25) is 5.95 Å². The van der Waals surface area contributed by atoms with E-state index in [0.717, 1.165) is 27.0 Å². The Kier molecular flexibility index (Phi) is 4.76. The molecule has 0 bridgehead atoms. The van der Waals surface area contributed by atoms with Crippen LogP contribution >= 0.6 is 11.3 Å². The first-order valence-corrected chi connectivity index (χ1v) is 8.61. The Morgan fingerprint density at radius 2 is 1.83 bits per heavy atom. The zero-order valence-electron chi connectivity index (χ0n) is 14.4. The van der Waals surface area contributed by atoms with Gasteiger partial charge >= 0.3 is 0 Å². The molecule has 1 N–H and O–H groups in total. The fourth-order valence-electron chi connectivity index (χ4n) is 2.25. The van der Waals surface area contributed by atoms with E-state index in [9.17, 15) is 0 Å². The number of rotatable bonds is 5. The highest BCUT2D eigenvalue weighted by atomic mass is 32.1. The summed E-state index contributed by atoms with van der Waals surface area (Å²) in [6.45, 7) is 4.73. The SMILES string of the molecule is Cc1ccc(-c2ncc(CNc3nc(C)cc(N(C)C)n3)s2)cc1. The fourth-order valence-corrected chi connectivity index (χ4v) is 3.10. The number of thiazole rings is 1. The minimum absolute atomic E-state index is 0.643. The van der Waals surface area contributed by atoms with Crippen molar-refractivity contribution in [2.45, 2.75) is 20.4 Å². The Hall–Kier alpha value is -2.47. The second-order valence-corrected chi connectivity index (χ2v) is 7.05. The third-order valence-electron chi connectivity index (χ3n) is 3.57. The molecule has 124 valence electrons. The van der Waals surface area contributed by atoms with Crippen LogP contribution in [0.2, 0.25) is 0 Å². The number of aryl methyl sites for hydroxylation is 2. The lowest BCUT2D eigenvalue weighted by molar-refractivity contribution is 0.992. The number of hydrogen-bond acceptors (Lipinski definition) is 6. The largest absolute Gasteiger partial charge is 0.363 e. The van der Waals surface area contributed by atoms with Crippen molar-refractivity contribution in [3.05, 3.63) is 52.7 Å². The third kappa shape index (κ3) is 3.89. The summed E-state index contributed by atoms with van der Waals surface area (Å²) in [6.07, 6.45) is 1.91. The van der Waals surface area contributed by atoms with Crippen LogP contribution in [0.15, 0.2) is 36.5 Å². The lowest BCUT2D eigenvalue weighted by Crippen LogP contribution is -2.13.